The van der Waals surface area contributed by atoms with Crippen LogP contribution < -0.4 is 14.5 Å². The number of hydrogen-bond acceptors (Lipinski definition) is 4. The van der Waals surface area contributed by atoms with Crippen LogP contribution >= 0.6 is 0 Å². The minimum absolute atomic E-state index is 0. The number of benzene rings is 8. The van der Waals surface area contributed by atoms with Crippen LogP contribution in [0.1, 0.15) is 104 Å². The number of anilines is 4. The van der Waals surface area contributed by atoms with Crippen LogP contribution in [0.15, 0.2) is 182 Å². The molecule has 0 spiro atoms. The van der Waals surface area contributed by atoms with Crippen LogP contribution in [0.2, 0.25) is 0 Å². The summed E-state index contributed by atoms with van der Waals surface area (Å²) < 4.78 is 130. The fraction of sp³-hybridized carbons (Fsp3) is 0.194. The minimum Gasteiger partial charge on any atom is -0.509 e. The van der Waals surface area contributed by atoms with E-state index in [9.17, 15) is 4.11 Å². The molecule has 3 heterocycles. The van der Waals surface area contributed by atoms with E-state index in [1.807, 2.05) is 41.9 Å². The van der Waals surface area contributed by atoms with Crippen molar-refractivity contribution in [3.63, 3.8) is 0 Å². The van der Waals surface area contributed by atoms with Crippen molar-refractivity contribution in [3.05, 3.63) is 223 Å². The summed E-state index contributed by atoms with van der Waals surface area (Å²) >= 11 is 0. The summed E-state index contributed by atoms with van der Waals surface area (Å²) in [7, 11) is 0. The van der Waals surface area contributed by atoms with Gasteiger partial charge in [-0.1, -0.05) is 177 Å². The summed E-state index contributed by atoms with van der Waals surface area (Å²) in [6.07, 6.45) is 1.04. The zero-order valence-electron chi connectivity index (χ0n) is 56.1. The number of para-hydroxylation sites is 3. The molecular weight excluding hydrogens is 1070 g/mol. The molecule has 0 N–H and O–H groups in total. The first-order valence-corrected chi connectivity index (χ1v) is 24.0. The van der Waals surface area contributed by atoms with Gasteiger partial charge in [-0.3, -0.25) is 0 Å². The molecule has 2 aromatic heterocycles. The molecule has 73 heavy (non-hydrogen) atoms. The van der Waals surface area contributed by atoms with Gasteiger partial charge in [0.1, 0.15) is 5.82 Å². The van der Waals surface area contributed by atoms with Crippen LogP contribution in [0, 0.1) is 25.7 Å². The predicted octanol–water partition coefficient (Wildman–Crippen LogP) is 18.2. The number of aryl methyl sites for hydroxylation is 1. The smallest absolute Gasteiger partial charge is 0.135 e. The van der Waals surface area contributed by atoms with E-state index in [1.54, 1.807) is 12.1 Å². The molecule has 1 aliphatic rings. The Balaban J connectivity index is 0.00000838. The van der Waals surface area contributed by atoms with Gasteiger partial charge in [0.15, 0.2) is 0 Å². The quantitative estimate of drug-likeness (QED) is 0.142. The van der Waals surface area contributed by atoms with Crippen LogP contribution in [0.4, 0.5) is 22.7 Å². The molecule has 0 radical (unpaired) electrons. The Hall–Kier alpha value is -7.20. The molecule has 8 aromatic carbocycles. The molecule has 0 saturated heterocycles. The number of nitrogens with zero attached hydrogens (tertiary/aromatic N) is 4. The monoisotopic (exact) mass is 1150 g/mol. The topological polar surface area (TPSA) is 33.5 Å². The molecule has 6 heteroatoms. The molecular formula is C67H61N4OPt-3. The number of fused-ring (bicyclic) bond motifs is 4. The molecule has 0 saturated carbocycles. The SMILES string of the molecule is [2H]c1c([2H])c([2H])c(-c2cnc(-n3c4[c-]c(Oc5[c-]c(N6[CH-]N(c7c(-c8ccccc8)cc(C(C)(C)C)cc7-c7cc(C(C)(C)C)cc(C(C)(C)C)c7)c7ccccc76)ccc5)c([2H])c([2H])c4c4c([2H])c([2H])c([2H])c([2H])c43)cc2C([2H])([2H])[2H])c([2H])c1[2H].[Pt]. The van der Waals surface area contributed by atoms with Crippen LogP contribution in [0.25, 0.3) is 61.0 Å². The molecule has 0 amide bonds. The van der Waals surface area contributed by atoms with E-state index in [-0.39, 0.29) is 82.0 Å². The van der Waals surface area contributed by atoms with E-state index in [1.165, 1.54) is 21.3 Å². The van der Waals surface area contributed by atoms with Gasteiger partial charge in [0.2, 0.25) is 0 Å². The zero-order chi connectivity index (χ0) is 62.2. The maximum Gasteiger partial charge on any atom is 0.135 e. The molecule has 368 valence electrons. The van der Waals surface area contributed by atoms with Crippen LogP contribution in [-0.2, 0) is 37.3 Å². The second-order valence-electron chi connectivity index (χ2n) is 21.3. The largest absolute Gasteiger partial charge is 0.509 e. The standard InChI is InChI=1S/C67H61N4O.Pt/c1-44-34-63(68-42-58(44)46-24-15-12-16-25-46)71-59-29-18-17-28-54(59)55-33-32-53(41-62(55)71)72-52-27-21-26-51(40-52)69-43-70(61-31-20-19-30-60(61)69)64-56(45-22-13-11-14-23-45)38-50(67(8,9)10)39-57(64)47-35-48(65(2,3)4)37-49(36-47)66(5,6)7;/h11-39,42-43H,1-10H3;/q-3;/i1D3,12D,15D,16D,17D,18D,24D,25D,28D,29D,32D,33D;. The molecule has 0 bridgehead atoms. The van der Waals surface area contributed by atoms with E-state index in [0.29, 0.717) is 5.69 Å². The summed E-state index contributed by atoms with van der Waals surface area (Å²) in [5, 5.41) is -0.286. The summed E-state index contributed by atoms with van der Waals surface area (Å²) in [5.74, 6) is -0.416. The van der Waals surface area contributed by atoms with E-state index in [0.717, 1.165) is 51.6 Å². The Morgan fingerprint density at radius 2 is 1.18 bits per heavy atom. The average Bonchev–Trinajstić information content (AvgIpc) is 1.62. The fourth-order valence-corrected chi connectivity index (χ4v) is 9.19. The number of ether oxygens (including phenoxy) is 1. The molecule has 0 fully saturated rings. The number of pyridine rings is 1. The molecule has 10 aromatic rings. The van der Waals surface area contributed by atoms with Crippen molar-refractivity contribution in [3.8, 4) is 50.7 Å². The Morgan fingerprint density at radius 3 is 1.86 bits per heavy atom. The average molecular weight is 1150 g/mol. The van der Waals surface area contributed by atoms with E-state index < -0.39 is 84.4 Å². The third-order valence-corrected chi connectivity index (χ3v) is 13.2. The molecule has 0 aliphatic carbocycles. The molecule has 0 atom stereocenters. The van der Waals surface area contributed by atoms with Crippen molar-refractivity contribution in [2.24, 2.45) is 0 Å². The van der Waals surface area contributed by atoms with E-state index >= 15 is 0 Å². The van der Waals surface area contributed by atoms with E-state index in [4.69, 9.17) is 19.8 Å². The maximum absolute atomic E-state index is 9.51. The van der Waals surface area contributed by atoms with Gasteiger partial charge in [-0.15, -0.1) is 48.1 Å². The fourth-order valence-electron chi connectivity index (χ4n) is 9.19. The van der Waals surface area contributed by atoms with Crippen LogP contribution in [-0.4, -0.2) is 9.55 Å². The Bertz CT molecular complexity index is 4390. The van der Waals surface area contributed by atoms with Crippen molar-refractivity contribution in [2.45, 2.75) is 85.4 Å². The number of rotatable bonds is 8. The van der Waals surface area contributed by atoms with Gasteiger partial charge in [0, 0.05) is 83.5 Å². The third kappa shape index (κ3) is 9.41. The Kier molecular flexibility index (Phi) is 9.12. The Labute approximate surface area is 466 Å². The van der Waals surface area contributed by atoms with Crippen molar-refractivity contribution in [2.75, 3.05) is 9.80 Å². The van der Waals surface area contributed by atoms with Gasteiger partial charge < -0.3 is 19.1 Å². The first-order valence-electron chi connectivity index (χ1n) is 31.0. The number of hydrogen-bond donors (Lipinski definition) is 0. The Morgan fingerprint density at radius 1 is 0.548 bits per heavy atom. The van der Waals surface area contributed by atoms with Crippen molar-refractivity contribution in [1.82, 2.24) is 9.55 Å². The van der Waals surface area contributed by atoms with Gasteiger partial charge >= 0.3 is 0 Å². The first kappa shape index (κ1) is 35.0. The molecule has 11 rings (SSSR count). The normalized spacial score (nSPS) is 15.7. The second-order valence-corrected chi connectivity index (χ2v) is 21.3. The van der Waals surface area contributed by atoms with Crippen molar-refractivity contribution < 1.29 is 45.0 Å². The van der Waals surface area contributed by atoms with Gasteiger partial charge in [0.05, 0.1) is 12.3 Å². The molecule has 1 aliphatic heterocycles. The van der Waals surface area contributed by atoms with Crippen molar-refractivity contribution in [1.29, 1.82) is 0 Å². The second kappa shape index (κ2) is 19.0. The number of aromatic nitrogens is 2. The van der Waals surface area contributed by atoms with Gasteiger partial charge in [-0.05, 0) is 105 Å². The van der Waals surface area contributed by atoms with Gasteiger partial charge in [-0.2, -0.15) is 12.1 Å². The van der Waals surface area contributed by atoms with Crippen LogP contribution in [0.3, 0.4) is 0 Å². The summed E-state index contributed by atoms with van der Waals surface area (Å²) in [4.78, 5) is 8.79. The summed E-state index contributed by atoms with van der Waals surface area (Å²) in [6.45, 7) is 19.2. The maximum atomic E-state index is 9.51. The first-order chi connectivity index (χ1) is 40.3. The van der Waals surface area contributed by atoms with Crippen LogP contribution in [0.5, 0.6) is 11.5 Å². The van der Waals surface area contributed by atoms with Crippen molar-refractivity contribution >= 4 is 44.6 Å². The summed E-state index contributed by atoms with van der Waals surface area (Å²) in [6, 6.07) is 36.2. The van der Waals surface area contributed by atoms with Gasteiger partial charge in [0.25, 0.3) is 0 Å². The molecule has 5 nitrogen and oxygen atoms in total. The minimum atomic E-state index is -3.00. The third-order valence-electron chi connectivity index (χ3n) is 13.2. The zero-order valence-corrected chi connectivity index (χ0v) is 44.3. The molecule has 0 unspecified atom stereocenters. The van der Waals surface area contributed by atoms with E-state index in [2.05, 4.69) is 145 Å². The predicted molar refractivity (Wildman–Crippen MR) is 301 cm³/mol. The summed E-state index contributed by atoms with van der Waals surface area (Å²) in [5.41, 5.74) is 8.96. The van der Waals surface area contributed by atoms with Gasteiger partial charge in [-0.25, -0.2) is 4.98 Å².